The number of rotatable bonds is 3. The van der Waals surface area contributed by atoms with Crippen LogP contribution < -0.4 is 4.90 Å². The van der Waals surface area contributed by atoms with Gasteiger partial charge in [0.1, 0.15) is 0 Å². The average Bonchev–Trinajstić information content (AvgIpc) is 3.44. The molecule has 0 unspecified atom stereocenters. The minimum atomic E-state index is -5.08. The molecule has 0 bridgehead atoms. The SMILES string of the molecule is Cn1cc(N2C(=O)C[C@@H]3[C@@H]2CCN3Cc2ccncc2)cn1.O=C(O)C(F)(F)F.O=C(O)C(F)(F)F. The first-order chi connectivity index (χ1) is 16.6. The number of pyridine rings is 1. The predicted molar refractivity (Wildman–Crippen MR) is 110 cm³/mol. The van der Waals surface area contributed by atoms with Crippen LogP contribution in [0.4, 0.5) is 32.0 Å². The van der Waals surface area contributed by atoms with Gasteiger partial charge in [-0.05, 0) is 24.1 Å². The molecule has 0 aliphatic carbocycles. The number of hydrogen-bond acceptors (Lipinski definition) is 6. The molecule has 2 N–H and O–H groups in total. The van der Waals surface area contributed by atoms with E-state index in [1.54, 1.807) is 10.9 Å². The molecule has 2 saturated heterocycles. The van der Waals surface area contributed by atoms with Crippen LogP contribution >= 0.6 is 0 Å². The Labute approximate surface area is 199 Å². The minimum Gasteiger partial charge on any atom is -0.475 e. The normalized spacial score (nSPS) is 19.6. The van der Waals surface area contributed by atoms with Crippen molar-refractivity contribution in [3.63, 3.8) is 0 Å². The fraction of sp³-hybridized carbons (Fsp3) is 0.450. The molecule has 16 heteroatoms. The Morgan fingerprint density at radius 2 is 1.56 bits per heavy atom. The zero-order valence-corrected chi connectivity index (χ0v) is 18.6. The fourth-order valence-electron chi connectivity index (χ4n) is 3.72. The van der Waals surface area contributed by atoms with E-state index in [0.29, 0.717) is 12.5 Å². The molecule has 2 atom stereocenters. The highest BCUT2D eigenvalue weighted by molar-refractivity contribution is 5.97. The number of alkyl halides is 6. The lowest BCUT2D eigenvalue weighted by Gasteiger charge is -2.24. The number of nitrogens with zero attached hydrogens (tertiary/aromatic N) is 5. The van der Waals surface area contributed by atoms with Crippen LogP contribution in [-0.4, -0.2) is 78.7 Å². The molecule has 2 aliphatic rings. The summed E-state index contributed by atoms with van der Waals surface area (Å²) in [6.07, 6.45) is -1.19. The smallest absolute Gasteiger partial charge is 0.475 e. The van der Waals surface area contributed by atoms with Gasteiger partial charge < -0.3 is 15.1 Å². The van der Waals surface area contributed by atoms with Crippen molar-refractivity contribution in [1.82, 2.24) is 19.7 Å². The highest BCUT2D eigenvalue weighted by Gasteiger charge is 2.47. The van der Waals surface area contributed by atoms with Crippen LogP contribution in [0, 0.1) is 0 Å². The third-order valence-electron chi connectivity index (χ3n) is 5.20. The van der Waals surface area contributed by atoms with Gasteiger partial charge in [0.05, 0.1) is 17.9 Å². The van der Waals surface area contributed by atoms with Gasteiger partial charge in [-0.1, -0.05) is 0 Å². The number of carbonyl (C=O) groups excluding carboxylic acids is 1. The van der Waals surface area contributed by atoms with Crippen LogP contribution in [-0.2, 0) is 28.0 Å². The second kappa shape index (κ2) is 11.4. The molecule has 10 nitrogen and oxygen atoms in total. The fourth-order valence-corrected chi connectivity index (χ4v) is 3.72. The maximum atomic E-state index is 12.4. The second-order valence-electron chi connectivity index (χ2n) is 7.70. The summed E-state index contributed by atoms with van der Waals surface area (Å²) >= 11 is 0. The molecule has 2 aromatic rings. The topological polar surface area (TPSA) is 129 Å². The predicted octanol–water partition coefficient (Wildman–Crippen LogP) is 2.46. The molecule has 36 heavy (non-hydrogen) atoms. The Morgan fingerprint density at radius 1 is 1.03 bits per heavy atom. The van der Waals surface area contributed by atoms with E-state index in [1.165, 1.54) is 5.56 Å². The van der Waals surface area contributed by atoms with Crippen molar-refractivity contribution >= 4 is 23.5 Å². The average molecular weight is 525 g/mol. The first-order valence-electron chi connectivity index (χ1n) is 10.1. The van der Waals surface area contributed by atoms with Crippen molar-refractivity contribution in [1.29, 1.82) is 0 Å². The molecule has 2 aliphatic heterocycles. The van der Waals surface area contributed by atoms with Crippen molar-refractivity contribution in [2.75, 3.05) is 11.4 Å². The molecule has 1 amide bonds. The van der Waals surface area contributed by atoms with Crippen molar-refractivity contribution in [2.24, 2.45) is 7.05 Å². The van der Waals surface area contributed by atoms with Crippen molar-refractivity contribution in [3.8, 4) is 0 Å². The first-order valence-corrected chi connectivity index (χ1v) is 10.1. The molecule has 4 heterocycles. The Morgan fingerprint density at radius 3 is 2.00 bits per heavy atom. The quantitative estimate of drug-likeness (QED) is 0.585. The maximum absolute atomic E-state index is 12.4. The molecule has 0 spiro atoms. The third kappa shape index (κ3) is 7.66. The summed E-state index contributed by atoms with van der Waals surface area (Å²) in [5.74, 6) is -5.30. The van der Waals surface area contributed by atoms with Gasteiger partial charge in [0.25, 0.3) is 0 Å². The standard InChI is InChI=1S/C16H19N5O.2C2HF3O2/c1-19-11-13(9-18-19)21-14-4-7-20(15(14)8-16(21)22)10-12-2-5-17-6-3-12;2*3-2(4,5)1(6)7/h2-3,5-6,9,11,14-15H,4,7-8,10H2,1H3;2*(H,6,7)/t14-,15+;;/m0../s1. The number of halogens is 6. The van der Waals surface area contributed by atoms with E-state index in [2.05, 4.69) is 15.0 Å². The lowest BCUT2D eigenvalue weighted by molar-refractivity contribution is -0.193. The largest absolute Gasteiger partial charge is 0.490 e. The van der Waals surface area contributed by atoms with Crippen LogP contribution in [0.15, 0.2) is 36.9 Å². The maximum Gasteiger partial charge on any atom is 0.490 e. The van der Waals surface area contributed by atoms with Gasteiger partial charge in [-0.15, -0.1) is 0 Å². The lowest BCUT2D eigenvalue weighted by Crippen LogP contribution is -2.37. The van der Waals surface area contributed by atoms with E-state index < -0.39 is 24.3 Å². The Hall–Kier alpha value is -3.69. The van der Waals surface area contributed by atoms with Gasteiger partial charge >= 0.3 is 24.3 Å². The number of amides is 1. The van der Waals surface area contributed by atoms with Crippen LogP contribution in [0.25, 0.3) is 0 Å². The van der Waals surface area contributed by atoms with Gasteiger partial charge in [-0.25, -0.2) is 9.59 Å². The van der Waals surface area contributed by atoms with Crippen molar-refractivity contribution in [2.45, 2.75) is 43.8 Å². The molecule has 0 aromatic carbocycles. The summed E-state index contributed by atoms with van der Waals surface area (Å²) in [7, 11) is 1.88. The number of aliphatic carboxylic acids is 2. The molecule has 2 fully saturated rings. The van der Waals surface area contributed by atoms with Gasteiger partial charge in [0.15, 0.2) is 0 Å². The Kier molecular flexibility index (Phi) is 9.01. The van der Waals surface area contributed by atoms with E-state index in [9.17, 15) is 31.1 Å². The monoisotopic (exact) mass is 525 g/mol. The Balaban J connectivity index is 0.000000271. The molecule has 0 saturated carbocycles. The molecule has 0 radical (unpaired) electrons. The van der Waals surface area contributed by atoms with E-state index in [0.717, 1.165) is 25.2 Å². The van der Waals surface area contributed by atoms with Crippen LogP contribution in [0.5, 0.6) is 0 Å². The number of carboxylic acid groups (broad SMARTS) is 2. The van der Waals surface area contributed by atoms with Crippen LogP contribution in [0.3, 0.4) is 0 Å². The summed E-state index contributed by atoms with van der Waals surface area (Å²) in [4.78, 5) is 38.7. The zero-order valence-electron chi connectivity index (χ0n) is 18.6. The number of fused-ring (bicyclic) bond motifs is 1. The van der Waals surface area contributed by atoms with Crippen LogP contribution in [0.2, 0.25) is 0 Å². The number of hydrogen-bond donors (Lipinski definition) is 2. The van der Waals surface area contributed by atoms with Crippen molar-refractivity contribution < 1.29 is 50.9 Å². The summed E-state index contributed by atoms with van der Waals surface area (Å²) in [6, 6.07) is 4.67. The van der Waals surface area contributed by atoms with Crippen LogP contribution in [0.1, 0.15) is 18.4 Å². The van der Waals surface area contributed by atoms with E-state index in [4.69, 9.17) is 19.8 Å². The summed E-state index contributed by atoms with van der Waals surface area (Å²) < 4.78 is 65.2. The number of carbonyl (C=O) groups is 3. The highest BCUT2D eigenvalue weighted by Crippen LogP contribution is 2.36. The third-order valence-corrected chi connectivity index (χ3v) is 5.20. The second-order valence-corrected chi connectivity index (χ2v) is 7.70. The summed E-state index contributed by atoms with van der Waals surface area (Å²) in [5, 5.41) is 18.4. The number of aryl methyl sites for hydroxylation is 1. The Bertz CT molecular complexity index is 1040. The molecule has 4 rings (SSSR count). The van der Waals surface area contributed by atoms with E-state index in [-0.39, 0.29) is 11.9 Å². The van der Waals surface area contributed by atoms with Gasteiger partial charge in [-0.2, -0.15) is 31.4 Å². The van der Waals surface area contributed by atoms with Gasteiger partial charge in [0.2, 0.25) is 5.91 Å². The summed E-state index contributed by atoms with van der Waals surface area (Å²) in [5.41, 5.74) is 2.17. The number of aromatic nitrogens is 3. The summed E-state index contributed by atoms with van der Waals surface area (Å²) in [6.45, 7) is 1.92. The number of anilines is 1. The highest BCUT2D eigenvalue weighted by atomic mass is 19.4. The number of carboxylic acids is 2. The lowest BCUT2D eigenvalue weighted by atomic mass is 10.1. The minimum absolute atomic E-state index is 0.211. The van der Waals surface area contributed by atoms with Crippen molar-refractivity contribution in [3.05, 3.63) is 42.5 Å². The van der Waals surface area contributed by atoms with Gasteiger partial charge in [0, 0.05) is 51.2 Å². The molecule has 2 aromatic heterocycles. The molecule has 198 valence electrons. The van der Waals surface area contributed by atoms with E-state index in [1.807, 2.05) is 42.7 Å². The van der Waals surface area contributed by atoms with E-state index >= 15 is 0 Å². The van der Waals surface area contributed by atoms with Gasteiger partial charge in [-0.3, -0.25) is 19.4 Å². The first kappa shape index (κ1) is 28.5. The number of likely N-dealkylation sites (tertiary alicyclic amines) is 1. The zero-order chi connectivity index (χ0) is 27.3. The molecular weight excluding hydrogens is 504 g/mol. The molecular formula is C20H21F6N5O5.